The Morgan fingerprint density at radius 3 is 2.71 bits per heavy atom. The van der Waals surface area contributed by atoms with Gasteiger partial charge in [-0.05, 0) is 13.3 Å². The van der Waals surface area contributed by atoms with Crippen LogP contribution in [0.5, 0.6) is 0 Å². The fourth-order valence-electron chi connectivity index (χ4n) is 2.25. The van der Waals surface area contributed by atoms with Crippen LogP contribution in [0.25, 0.3) is 0 Å². The Kier molecular flexibility index (Phi) is 4.36. The molecule has 0 saturated carbocycles. The van der Waals surface area contributed by atoms with Crippen LogP contribution in [0.4, 0.5) is 0 Å². The largest absolute Gasteiger partial charge is 0.476 e. The Morgan fingerprint density at radius 1 is 1.43 bits per heavy atom. The SMILES string of the molecule is Cc1[nH]nc(C(=O)O)c1S(=O)(=O)N1CCSC(C)(C)CC1. The highest BCUT2D eigenvalue weighted by Gasteiger charge is 2.35. The van der Waals surface area contributed by atoms with Gasteiger partial charge in [0.05, 0.1) is 5.69 Å². The number of aromatic carboxylic acids is 1. The number of carboxylic acid groups (broad SMARTS) is 1. The summed E-state index contributed by atoms with van der Waals surface area (Å²) >= 11 is 1.73. The molecular formula is C12H19N3O4S2. The van der Waals surface area contributed by atoms with Gasteiger partial charge in [-0.2, -0.15) is 21.2 Å². The summed E-state index contributed by atoms with van der Waals surface area (Å²) < 4.78 is 26.9. The third kappa shape index (κ3) is 3.24. The number of nitrogens with one attached hydrogen (secondary N) is 1. The first kappa shape index (κ1) is 16.3. The highest BCUT2D eigenvalue weighted by atomic mass is 32.2. The predicted molar refractivity (Wildman–Crippen MR) is 80.2 cm³/mol. The molecule has 0 bridgehead atoms. The molecule has 0 aliphatic carbocycles. The molecule has 118 valence electrons. The number of H-pyrrole nitrogens is 1. The highest BCUT2D eigenvalue weighted by Crippen LogP contribution is 2.33. The van der Waals surface area contributed by atoms with Crippen molar-refractivity contribution in [3.05, 3.63) is 11.4 Å². The van der Waals surface area contributed by atoms with E-state index in [0.29, 0.717) is 18.8 Å². The van der Waals surface area contributed by atoms with Gasteiger partial charge in [0.15, 0.2) is 5.69 Å². The number of carboxylic acids is 1. The molecule has 1 saturated heterocycles. The number of aryl methyl sites for hydroxylation is 1. The van der Waals surface area contributed by atoms with Crippen molar-refractivity contribution in [1.29, 1.82) is 0 Å². The molecule has 0 amide bonds. The van der Waals surface area contributed by atoms with E-state index in [2.05, 4.69) is 24.0 Å². The number of rotatable bonds is 3. The maximum Gasteiger partial charge on any atom is 0.357 e. The molecule has 0 atom stereocenters. The molecule has 1 aromatic heterocycles. The van der Waals surface area contributed by atoms with Gasteiger partial charge >= 0.3 is 5.97 Å². The lowest BCUT2D eigenvalue weighted by molar-refractivity contribution is 0.0686. The zero-order chi connectivity index (χ0) is 15.8. The van der Waals surface area contributed by atoms with E-state index in [0.717, 1.165) is 6.42 Å². The van der Waals surface area contributed by atoms with Crippen LogP contribution in [0.2, 0.25) is 0 Å². The number of aromatic amines is 1. The van der Waals surface area contributed by atoms with Crippen molar-refractivity contribution in [1.82, 2.24) is 14.5 Å². The molecule has 1 fully saturated rings. The summed E-state index contributed by atoms with van der Waals surface area (Å²) in [6, 6.07) is 0. The second kappa shape index (κ2) is 5.62. The minimum Gasteiger partial charge on any atom is -0.476 e. The van der Waals surface area contributed by atoms with Crippen molar-refractivity contribution in [2.24, 2.45) is 0 Å². The normalized spacial score (nSPS) is 20.1. The van der Waals surface area contributed by atoms with Crippen LogP contribution in [0, 0.1) is 6.92 Å². The van der Waals surface area contributed by atoms with E-state index in [4.69, 9.17) is 5.11 Å². The summed E-state index contributed by atoms with van der Waals surface area (Å²) in [5.74, 6) is -0.659. The van der Waals surface area contributed by atoms with Gasteiger partial charge < -0.3 is 5.11 Å². The molecule has 2 rings (SSSR count). The lowest BCUT2D eigenvalue weighted by Crippen LogP contribution is -2.34. The molecule has 0 radical (unpaired) electrons. The van der Waals surface area contributed by atoms with Crippen molar-refractivity contribution in [3.63, 3.8) is 0 Å². The van der Waals surface area contributed by atoms with E-state index in [1.807, 2.05) is 0 Å². The zero-order valence-electron chi connectivity index (χ0n) is 12.2. The highest BCUT2D eigenvalue weighted by molar-refractivity contribution is 8.00. The van der Waals surface area contributed by atoms with E-state index in [-0.39, 0.29) is 15.3 Å². The number of nitrogens with zero attached hydrogens (tertiary/aromatic N) is 2. The van der Waals surface area contributed by atoms with Gasteiger partial charge in [0.25, 0.3) is 0 Å². The molecular weight excluding hydrogens is 314 g/mol. The maximum absolute atomic E-state index is 12.8. The maximum atomic E-state index is 12.8. The molecule has 2 heterocycles. The number of thioether (sulfide) groups is 1. The van der Waals surface area contributed by atoms with E-state index < -0.39 is 21.7 Å². The lowest BCUT2D eigenvalue weighted by Gasteiger charge is -2.22. The number of hydrogen-bond acceptors (Lipinski definition) is 5. The summed E-state index contributed by atoms with van der Waals surface area (Å²) in [6.07, 6.45) is 0.718. The Hall–Kier alpha value is -1.06. The number of aromatic nitrogens is 2. The van der Waals surface area contributed by atoms with Crippen molar-refractivity contribution >= 4 is 27.8 Å². The summed E-state index contributed by atoms with van der Waals surface area (Å²) in [6.45, 7) is 6.44. The van der Waals surface area contributed by atoms with E-state index in [1.165, 1.54) is 11.2 Å². The van der Waals surface area contributed by atoms with Crippen LogP contribution in [-0.4, -0.2) is 57.6 Å². The quantitative estimate of drug-likeness (QED) is 0.865. The van der Waals surface area contributed by atoms with Crippen LogP contribution in [0.1, 0.15) is 36.5 Å². The van der Waals surface area contributed by atoms with Crippen molar-refractivity contribution in [3.8, 4) is 0 Å². The second-order valence-corrected chi connectivity index (χ2v) is 9.27. The first-order chi connectivity index (χ1) is 9.65. The molecule has 0 aromatic carbocycles. The summed E-state index contributed by atoms with van der Waals surface area (Å²) in [5, 5.41) is 15.2. The molecule has 0 unspecified atom stereocenters. The van der Waals surface area contributed by atoms with Crippen molar-refractivity contribution in [2.45, 2.75) is 36.8 Å². The van der Waals surface area contributed by atoms with Crippen LogP contribution in [0.15, 0.2) is 4.90 Å². The van der Waals surface area contributed by atoms with Crippen molar-refractivity contribution in [2.75, 3.05) is 18.8 Å². The Bertz CT molecular complexity index is 651. The Morgan fingerprint density at radius 2 is 2.10 bits per heavy atom. The molecule has 21 heavy (non-hydrogen) atoms. The standard InChI is InChI=1S/C12H19N3O4S2/c1-8-10(9(11(16)17)14-13-8)21(18,19)15-5-4-12(2,3)20-7-6-15/h4-7H2,1-3H3,(H,13,14)(H,16,17). The minimum atomic E-state index is -3.85. The first-order valence-corrected chi connectivity index (χ1v) is 9.00. The fourth-order valence-corrected chi connectivity index (χ4v) is 5.20. The van der Waals surface area contributed by atoms with Gasteiger partial charge in [-0.1, -0.05) is 13.8 Å². The predicted octanol–water partition coefficient (Wildman–Crippen LogP) is 1.32. The third-order valence-electron chi connectivity index (χ3n) is 3.49. The van der Waals surface area contributed by atoms with Gasteiger partial charge in [0.2, 0.25) is 10.0 Å². The molecule has 1 aliphatic rings. The van der Waals surface area contributed by atoms with Crippen molar-refractivity contribution < 1.29 is 18.3 Å². The van der Waals surface area contributed by atoms with Gasteiger partial charge in [0, 0.05) is 23.6 Å². The van der Waals surface area contributed by atoms with Gasteiger partial charge in [0.1, 0.15) is 4.90 Å². The summed E-state index contributed by atoms with van der Waals surface area (Å²) in [4.78, 5) is 10.9. The lowest BCUT2D eigenvalue weighted by atomic mass is 10.1. The minimum absolute atomic E-state index is 0.0192. The molecule has 0 spiro atoms. The molecule has 9 heteroatoms. The zero-order valence-corrected chi connectivity index (χ0v) is 13.8. The average Bonchev–Trinajstić information content (AvgIpc) is 2.65. The summed E-state index contributed by atoms with van der Waals surface area (Å²) in [5.41, 5.74) is -0.188. The van der Waals surface area contributed by atoms with Crippen LogP contribution in [-0.2, 0) is 10.0 Å². The Balaban J connectivity index is 2.39. The van der Waals surface area contributed by atoms with Gasteiger partial charge in [-0.15, -0.1) is 0 Å². The van der Waals surface area contributed by atoms with Gasteiger partial charge in [-0.25, -0.2) is 13.2 Å². The fraction of sp³-hybridized carbons (Fsp3) is 0.667. The molecule has 1 aliphatic heterocycles. The van der Waals surface area contributed by atoms with Crippen LogP contribution in [0.3, 0.4) is 0 Å². The summed E-state index contributed by atoms with van der Waals surface area (Å²) in [7, 11) is -3.85. The average molecular weight is 333 g/mol. The monoisotopic (exact) mass is 333 g/mol. The topological polar surface area (TPSA) is 103 Å². The number of sulfonamides is 1. The number of carbonyl (C=O) groups is 1. The third-order valence-corrected chi connectivity index (χ3v) is 6.92. The molecule has 2 N–H and O–H groups in total. The van der Waals surface area contributed by atoms with E-state index in [9.17, 15) is 13.2 Å². The van der Waals surface area contributed by atoms with Gasteiger partial charge in [-0.3, -0.25) is 5.10 Å². The van der Waals surface area contributed by atoms with Crippen LogP contribution >= 0.6 is 11.8 Å². The first-order valence-electron chi connectivity index (χ1n) is 6.57. The molecule has 1 aromatic rings. The Labute approximate surface area is 128 Å². The number of hydrogen-bond donors (Lipinski definition) is 2. The second-order valence-electron chi connectivity index (χ2n) is 5.59. The van der Waals surface area contributed by atoms with E-state index in [1.54, 1.807) is 11.8 Å². The molecule has 7 nitrogen and oxygen atoms in total. The van der Waals surface area contributed by atoms with E-state index >= 15 is 0 Å². The smallest absolute Gasteiger partial charge is 0.357 e. The van der Waals surface area contributed by atoms with Crippen LogP contribution < -0.4 is 0 Å².